The first-order chi connectivity index (χ1) is 8.26. The largest absolute Gasteiger partial charge is 0.370 e. The topological polar surface area (TPSA) is 101 Å². The summed E-state index contributed by atoms with van der Waals surface area (Å²) in [5.41, 5.74) is 4.92. The Kier molecular flexibility index (Phi) is 11.5. The van der Waals surface area contributed by atoms with E-state index in [1.807, 2.05) is 6.92 Å². The summed E-state index contributed by atoms with van der Waals surface area (Å²) in [4.78, 5) is 31.4. The van der Waals surface area contributed by atoms with E-state index >= 15 is 0 Å². The standard InChI is InChI=1S/C7H14N2O2.C5H11NO/c1-5(10)6(9-2)3-4-7(8)11;1-4(6-3)5(2)7/h6,9H,3-4H2,1-2H3,(H2,8,11);4,6H,1-3H3/t6-;4-/m00/s1. The molecule has 4 N–H and O–H groups in total. The number of hydrogen-bond donors (Lipinski definition) is 3. The van der Waals surface area contributed by atoms with E-state index in [9.17, 15) is 14.4 Å². The molecule has 0 spiro atoms. The predicted molar refractivity (Wildman–Crippen MR) is 71.2 cm³/mol. The van der Waals surface area contributed by atoms with Crippen LogP contribution < -0.4 is 16.4 Å². The predicted octanol–water partition coefficient (Wildman–Crippen LogP) is -0.388. The molecule has 18 heavy (non-hydrogen) atoms. The monoisotopic (exact) mass is 259 g/mol. The number of rotatable bonds is 7. The second-order valence-electron chi connectivity index (χ2n) is 4.08. The molecule has 0 bridgehead atoms. The lowest BCUT2D eigenvalue weighted by Gasteiger charge is -2.10. The van der Waals surface area contributed by atoms with E-state index < -0.39 is 0 Å². The molecule has 2 atom stereocenters. The third kappa shape index (κ3) is 11.2. The number of hydrogen-bond acceptors (Lipinski definition) is 5. The van der Waals surface area contributed by atoms with Crippen LogP contribution in [0.1, 0.15) is 33.6 Å². The molecule has 0 saturated carbocycles. The fourth-order valence-electron chi connectivity index (χ4n) is 1.04. The van der Waals surface area contributed by atoms with E-state index in [1.54, 1.807) is 21.0 Å². The van der Waals surface area contributed by atoms with Crippen molar-refractivity contribution in [3.63, 3.8) is 0 Å². The zero-order valence-electron chi connectivity index (χ0n) is 11.9. The molecular weight excluding hydrogens is 234 g/mol. The van der Waals surface area contributed by atoms with Crippen LogP contribution in [-0.4, -0.2) is 43.7 Å². The number of primary amides is 1. The van der Waals surface area contributed by atoms with Crippen molar-refractivity contribution in [3.05, 3.63) is 0 Å². The molecule has 0 aliphatic rings. The average molecular weight is 259 g/mol. The van der Waals surface area contributed by atoms with E-state index in [2.05, 4.69) is 10.6 Å². The van der Waals surface area contributed by atoms with Crippen LogP contribution in [0.2, 0.25) is 0 Å². The van der Waals surface area contributed by atoms with Gasteiger partial charge in [0.05, 0.1) is 12.1 Å². The van der Waals surface area contributed by atoms with E-state index in [1.165, 1.54) is 6.92 Å². The number of nitrogens with one attached hydrogen (secondary N) is 2. The highest BCUT2D eigenvalue weighted by molar-refractivity contribution is 5.82. The maximum atomic E-state index is 10.8. The quantitative estimate of drug-likeness (QED) is 0.578. The smallest absolute Gasteiger partial charge is 0.217 e. The molecule has 0 aromatic heterocycles. The molecule has 0 radical (unpaired) electrons. The zero-order chi connectivity index (χ0) is 14.7. The molecule has 0 saturated heterocycles. The van der Waals surface area contributed by atoms with Crippen LogP contribution in [0.4, 0.5) is 0 Å². The van der Waals surface area contributed by atoms with Gasteiger partial charge in [-0.15, -0.1) is 0 Å². The Balaban J connectivity index is 0. The van der Waals surface area contributed by atoms with Gasteiger partial charge in [0, 0.05) is 6.42 Å². The van der Waals surface area contributed by atoms with Gasteiger partial charge in [-0.3, -0.25) is 14.4 Å². The first-order valence-corrected chi connectivity index (χ1v) is 5.89. The number of carbonyl (C=O) groups is 3. The van der Waals surface area contributed by atoms with Gasteiger partial charge in [-0.25, -0.2) is 0 Å². The highest BCUT2D eigenvalue weighted by atomic mass is 16.1. The van der Waals surface area contributed by atoms with Crippen molar-refractivity contribution in [2.75, 3.05) is 14.1 Å². The highest BCUT2D eigenvalue weighted by Gasteiger charge is 2.11. The normalized spacial score (nSPS) is 12.9. The third-order valence-corrected chi connectivity index (χ3v) is 2.56. The molecule has 0 fully saturated rings. The van der Waals surface area contributed by atoms with Crippen LogP contribution in [0.3, 0.4) is 0 Å². The Morgan fingerprint density at radius 3 is 1.72 bits per heavy atom. The lowest BCUT2D eigenvalue weighted by molar-refractivity contribution is -0.120. The van der Waals surface area contributed by atoms with Crippen molar-refractivity contribution in [1.29, 1.82) is 0 Å². The summed E-state index contributed by atoms with van der Waals surface area (Å²) in [6.07, 6.45) is 0.742. The summed E-state index contributed by atoms with van der Waals surface area (Å²) in [6.45, 7) is 4.89. The van der Waals surface area contributed by atoms with Crippen molar-refractivity contribution >= 4 is 17.5 Å². The van der Waals surface area contributed by atoms with Gasteiger partial charge in [0.15, 0.2) is 0 Å². The Bertz CT molecular complexity index is 280. The summed E-state index contributed by atoms with van der Waals surface area (Å²) in [6, 6.07) is -0.220. The molecule has 0 aromatic rings. The highest BCUT2D eigenvalue weighted by Crippen LogP contribution is 1.96. The minimum absolute atomic E-state index is 0.0139. The van der Waals surface area contributed by atoms with Crippen LogP contribution in [-0.2, 0) is 14.4 Å². The van der Waals surface area contributed by atoms with Crippen LogP contribution in [0.5, 0.6) is 0 Å². The Morgan fingerprint density at radius 2 is 1.56 bits per heavy atom. The van der Waals surface area contributed by atoms with Gasteiger partial charge in [-0.05, 0) is 41.3 Å². The molecular formula is C12H25N3O3. The van der Waals surface area contributed by atoms with E-state index in [0.29, 0.717) is 6.42 Å². The van der Waals surface area contributed by atoms with Crippen molar-refractivity contribution in [3.8, 4) is 0 Å². The summed E-state index contributed by atoms with van der Waals surface area (Å²) in [7, 11) is 3.46. The maximum absolute atomic E-state index is 10.8. The van der Waals surface area contributed by atoms with Crippen molar-refractivity contribution in [2.45, 2.75) is 45.7 Å². The Hall–Kier alpha value is -1.27. The van der Waals surface area contributed by atoms with E-state index in [0.717, 1.165) is 0 Å². The van der Waals surface area contributed by atoms with Crippen molar-refractivity contribution < 1.29 is 14.4 Å². The lowest BCUT2D eigenvalue weighted by atomic mass is 10.1. The van der Waals surface area contributed by atoms with Crippen molar-refractivity contribution in [2.24, 2.45) is 5.73 Å². The maximum Gasteiger partial charge on any atom is 0.217 e. The molecule has 1 amide bonds. The van der Waals surface area contributed by atoms with Gasteiger partial charge in [-0.1, -0.05) is 0 Å². The molecule has 6 heteroatoms. The number of likely N-dealkylation sites (N-methyl/N-ethyl adjacent to an activating group) is 2. The summed E-state index contributed by atoms with van der Waals surface area (Å²) in [5.74, 6) is -0.150. The second kappa shape index (κ2) is 10.9. The summed E-state index contributed by atoms with van der Waals surface area (Å²) < 4.78 is 0. The average Bonchev–Trinajstić information content (AvgIpc) is 2.28. The molecule has 0 aromatic carbocycles. The molecule has 106 valence electrons. The molecule has 0 unspecified atom stereocenters. The van der Waals surface area contributed by atoms with Gasteiger partial charge < -0.3 is 16.4 Å². The van der Waals surface area contributed by atoms with Gasteiger partial charge in [0.1, 0.15) is 11.6 Å². The minimum Gasteiger partial charge on any atom is -0.370 e. The lowest BCUT2D eigenvalue weighted by Crippen LogP contribution is -2.33. The van der Waals surface area contributed by atoms with E-state index in [-0.39, 0.29) is 36.0 Å². The summed E-state index contributed by atoms with van der Waals surface area (Å²) in [5, 5.41) is 5.61. The number of ketones is 2. The summed E-state index contributed by atoms with van der Waals surface area (Å²) >= 11 is 0. The molecule has 6 nitrogen and oxygen atoms in total. The molecule has 0 aliphatic heterocycles. The number of carbonyl (C=O) groups excluding carboxylic acids is 3. The first kappa shape index (κ1) is 19.1. The van der Waals surface area contributed by atoms with Crippen LogP contribution >= 0.6 is 0 Å². The number of Topliss-reactive ketones (excluding diaryl/α,β-unsaturated/α-hetero) is 2. The van der Waals surface area contributed by atoms with Crippen LogP contribution in [0, 0.1) is 0 Å². The Labute approximate surface area is 109 Å². The second-order valence-corrected chi connectivity index (χ2v) is 4.08. The first-order valence-electron chi connectivity index (χ1n) is 5.89. The zero-order valence-corrected chi connectivity index (χ0v) is 11.9. The van der Waals surface area contributed by atoms with Gasteiger partial charge >= 0.3 is 0 Å². The van der Waals surface area contributed by atoms with Gasteiger partial charge in [-0.2, -0.15) is 0 Å². The number of nitrogens with two attached hydrogens (primary N) is 1. The van der Waals surface area contributed by atoms with Gasteiger partial charge in [0.2, 0.25) is 5.91 Å². The van der Waals surface area contributed by atoms with Crippen LogP contribution in [0.15, 0.2) is 0 Å². The van der Waals surface area contributed by atoms with Crippen LogP contribution in [0.25, 0.3) is 0 Å². The molecule has 0 aliphatic carbocycles. The van der Waals surface area contributed by atoms with E-state index in [4.69, 9.17) is 5.73 Å². The molecule has 0 heterocycles. The Morgan fingerprint density at radius 1 is 1.06 bits per heavy atom. The van der Waals surface area contributed by atoms with Gasteiger partial charge in [0.25, 0.3) is 0 Å². The SMILES string of the molecule is CN[C@@H](C)C(C)=O.CN[C@@H](CCC(N)=O)C(C)=O. The molecule has 0 rings (SSSR count). The minimum atomic E-state index is -0.369. The fraction of sp³-hybridized carbons (Fsp3) is 0.750. The number of amides is 1. The third-order valence-electron chi connectivity index (χ3n) is 2.56. The fourth-order valence-corrected chi connectivity index (χ4v) is 1.04. The van der Waals surface area contributed by atoms with Crippen molar-refractivity contribution in [1.82, 2.24) is 10.6 Å².